The van der Waals surface area contributed by atoms with E-state index in [1.165, 1.54) is 0 Å². The molecule has 1 aliphatic heterocycles. The highest BCUT2D eigenvalue weighted by molar-refractivity contribution is 6.30. The van der Waals surface area contributed by atoms with Gasteiger partial charge in [0, 0.05) is 11.4 Å². The minimum Gasteiger partial charge on any atom is -0.308 e. The average Bonchev–Trinajstić information content (AvgIpc) is 2.84. The number of benzene rings is 2. The van der Waals surface area contributed by atoms with Crippen molar-refractivity contribution in [3.05, 3.63) is 75.9 Å². The van der Waals surface area contributed by atoms with Gasteiger partial charge in [-0.1, -0.05) is 48.0 Å². The molecule has 0 spiro atoms. The number of amides is 1. The SMILES string of the molecule is Cc1ccccc1/C=C1\N=C(Cc2ccc(Cl)cc2)NC1=O. The summed E-state index contributed by atoms with van der Waals surface area (Å²) < 4.78 is 0. The van der Waals surface area contributed by atoms with E-state index in [0.717, 1.165) is 16.7 Å². The van der Waals surface area contributed by atoms with Gasteiger partial charge in [-0.25, -0.2) is 4.99 Å². The summed E-state index contributed by atoms with van der Waals surface area (Å²) in [6.07, 6.45) is 2.40. The van der Waals surface area contributed by atoms with E-state index >= 15 is 0 Å². The lowest BCUT2D eigenvalue weighted by Crippen LogP contribution is -2.25. The quantitative estimate of drug-likeness (QED) is 0.862. The highest BCUT2D eigenvalue weighted by atomic mass is 35.5. The Morgan fingerprint density at radius 1 is 1.14 bits per heavy atom. The Balaban J connectivity index is 1.82. The van der Waals surface area contributed by atoms with Crippen LogP contribution in [0.3, 0.4) is 0 Å². The minimum absolute atomic E-state index is 0.160. The van der Waals surface area contributed by atoms with Gasteiger partial charge in [0.05, 0.1) is 0 Å². The van der Waals surface area contributed by atoms with Gasteiger partial charge in [0.1, 0.15) is 11.5 Å². The molecule has 22 heavy (non-hydrogen) atoms. The molecule has 4 heteroatoms. The molecule has 1 heterocycles. The zero-order chi connectivity index (χ0) is 15.5. The van der Waals surface area contributed by atoms with Crippen LogP contribution >= 0.6 is 11.6 Å². The van der Waals surface area contributed by atoms with E-state index in [-0.39, 0.29) is 5.91 Å². The van der Waals surface area contributed by atoms with E-state index in [1.807, 2.05) is 61.5 Å². The molecule has 0 radical (unpaired) electrons. The fraction of sp³-hybridized carbons (Fsp3) is 0.111. The summed E-state index contributed by atoms with van der Waals surface area (Å²) >= 11 is 5.87. The van der Waals surface area contributed by atoms with Crippen molar-refractivity contribution < 1.29 is 4.79 Å². The summed E-state index contributed by atoms with van der Waals surface area (Å²) in [4.78, 5) is 16.4. The van der Waals surface area contributed by atoms with Gasteiger partial charge in [-0.3, -0.25) is 4.79 Å². The number of hydrogen-bond donors (Lipinski definition) is 1. The summed E-state index contributed by atoms with van der Waals surface area (Å²) in [6, 6.07) is 15.4. The predicted molar refractivity (Wildman–Crippen MR) is 89.9 cm³/mol. The Bertz CT molecular complexity index is 776. The number of carbonyl (C=O) groups is 1. The molecular weight excluding hydrogens is 296 g/mol. The van der Waals surface area contributed by atoms with Crippen LogP contribution in [-0.2, 0) is 11.2 Å². The van der Waals surface area contributed by atoms with Crippen molar-refractivity contribution in [2.75, 3.05) is 0 Å². The van der Waals surface area contributed by atoms with Crippen LogP contribution in [0.1, 0.15) is 16.7 Å². The summed E-state index contributed by atoms with van der Waals surface area (Å²) in [5.41, 5.74) is 3.62. The lowest BCUT2D eigenvalue weighted by molar-refractivity contribution is -0.115. The maximum absolute atomic E-state index is 12.0. The number of halogens is 1. The number of nitrogens with zero attached hydrogens (tertiary/aromatic N) is 1. The van der Waals surface area contributed by atoms with E-state index in [2.05, 4.69) is 10.3 Å². The van der Waals surface area contributed by atoms with Gasteiger partial charge in [-0.2, -0.15) is 0 Å². The lowest BCUT2D eigenvalue weighted by Gasteiger charge is -2.00. The molecule has 1 amide bonds. The summed E-state index contributed by atoms with van der Waals surface area (Å²) in [5, 5.41) is 3.51. The third-order valence-corrected chi connectivity index (χ3v) is 3.76. The van der Waals surface area contributed by atoms with E-state index in [4.69, 9.17) is 11.6 Å². The minimum atomic E-state index is -0.160. The highest BCUT2D eigenvalue weighted by Gasteiger charge is 2.20. The fourth-order valence-electron chi connectivity index (χ4n) is 2.29. The average molecular weight is 311 g/mol. The molecule has 2 aromatic carbocycles. The van der Waals surface area contributed by atoms with Gasteiger partial charge < -0.3 is 5.32 Å². The normalized spacial score (nSPS) is 15.8. The second-order valence-corrected chi connectivity index (χ2v) is 5.64. The van der Waals surface area contributed by atoms with Crippen LogP contribution in [0.2, 0.25) is 5.02 Å². The first-order chi connectivity index (χ1) is 10.6. The third kappa shape index (κ3) is 3.26. The van der Waals surface area contributed by atoms with Crippen LogP contribution < -0.4 is 5.32 Å². The van der Waals surface area contributed by atoms with Crippen molar-refractivity contribution >= 4 is 29.4 Å². The van der Waals surface area contributed by atoms with Crippen LogP contribution in [0, 0.1) is 6.92 Å². The number of carbonyl (C=O) groups excluding carboxylic acids is 1. The van der Waals surface area contributed by atoms with Crippen LogP contribution in [-0.4, -0.2) is 11.7 Å². The molecule has 0 saturated carbocycles. The van der Waals surface area contributed by atoms with Gasteiger partial charge in [-0.05, 0) is 41.8 Å². The zero-order valence-corrected chi connectivity index (χ0v) is 12.9. The standard InChI is InChI=1S/C18H15ClN2O/c1-12-4-2-3-5-14(12)11-16-18(22)21-17(20-16)10-13-6-8-15(19)9-7-13/h2-9,11H,10H2,1H3,(H,20,21,22)/b16-11-. The van der Waals surface area contributed by atoms with E-state index < -0.39 is 0 Å². The monoisotopic (exact) mass is 310 g/mol. The van der Waals surface area contributed by atoms with Crippen molar-refractivity contribution in [1.82, 2.24) is 5.32 Å². The van der Waals surface area contributed by atoms with Gasteiger partial charge in [0.25, 0.3) is 5.91 Å². The molecule has 3 nitrogen and oxygen atoms in total. The van der Waals surface area contributed by atoms with Crippen molar-refractivity contribution in [3.63, 3.8) is 0 Å². The Morgan fingerprint density at radius 2 is 1.86 bits per heavy atom. The summed E-state index contributed by atoms with van der Waals surface area (Å²) in [5.74, 6) is 0.499. The number of rotatable bonds is 3. The van der Waals surface area contributed by atoms with Crippen molar-refractivity contribution in [2.45, 2.75) is 13.3 Å². The molecule has 2 aromatic rings. The molecule has 3 rings (SSSR count). The number of aliphatic imine (C=N–C) groups is 1. The largest absolute Gasteiger partial charge is 0.308 e. The lowest BCUT2D eigenvalue weighted by atomic mass is 10.1. The number of aryl methyl sites for hydroxylation is 1. The van der Waals surface area contributed by atoms with Crippen molar-refractivity contribution in [3.8, 4) is 0 Å². The van der Waals surface area contributed by atoms with E-state index in [1.54, 1.807) is 0 Å². The van der Waals surface area contributed by atoms with Crippen LogP contribution in [0.5, 0.6) is 0 Å². The van der Waals surface area contributed by atoms with Crippen LogP contribution in [0.15, 0.2) is 59.2 Å². The first-order valence-electron chi connectivity index (χ1n) is 7.02. The zero-order valence-electron chi connectivity index (χ0n) is 12.1. The molecule has 0 aliphatic carbocycles. The maximum Gasteiger partial charge on any atom is 0.275 e. The molecule has 0 unspecified atom stereocenters. The predicted octanol–water partition coefficient (Wildman–Crippen LogP) is 3.76. The number of nitrogens with one attached hydrogen (secondary N) is 1. The maximum atomic E-state index is 12.0. The first-order valence-corrected chi connectivity index (χ1v) is 7.40. The number of amidine groups is 1. The third-order valence-electron chi connectivity index (χ3n) is 3.51. The van der Waals surface area contributed by atoms with Crippen molar-refractivity contribution in [1.29, 1.82) is 0 Å². The number of hydrogen-bond acceptors (Lipinski definition) is 2. The van der Waals surface area contributed by atoms with Crippen LogP contribution in [0.4, 0.5) is 0 Å². The van der Waals surface area contributed by atoms with Gasteiger partial charge in [-0.15, -0.1) is 0 Å². The molecule has 0 aromatic heterocycles. The Hall–Kier alpha value is -2.39. The van der Waals surface area contributed by atoms with Crippen LogP contribution in [0.25, 0.3) is 6.08 Å². The van der Waals surface area contributed by atoms with E-state index in [9.17, 15) is 4.79 Å². The molecule has 0 bridgehead atoms. The topological polar surface area (TPSA) is 41.5 Å². The Labute approximate surface area is 134 Å². The Morgan fingerprint density at radius 3 is 2.59 bits per heavy atom. The highest BCUT2D eigenvalue weighted by Crippen LogP contribution is 2.17. The second kappa shape index (κ2) is 6.16. The summed E-state index contributed by atoms with van der Waals surface area (Å²) in [7, 11) is 0. The molecule has 0 fully saturated rings. The summed E-state index contributed by atoms with van der Waals surface area (Å²) in [6.45, 7) is 2.01. The second-order valence-electron chi connectivity index (χ2n) is 5.20. The molecule has 0 atom stereocenters. The van der Waals surface area contributed by atoms with Gasteiger partial charge in [0.15, 0.2) is 0 Å². The van der Waals surface area contributed by atoms with Gasteiger partial charge >= 0.3 is 0 Å². The molecular formula is C18H15ClN2O. The smallest absolute Gasteiger partial charge is 0.275 e. The van der Waals surface area contributed by atoms with E-state index in [0.29, 0.717) is 23.0 Å². The Kier molecular flexibility index (Phi) is 4.07. The fourth-order valence-corrected chi connectivity index (χ4v) is 2.42. The first kappa shape index (κ1) is 14.5. The van der Waals surface area contributed by atoms with Gasteiger partial charge in [0.2, 0.25) is 0 Å². The molecule has 0 saturated heterocycles. The molecule has 1 N–H and O–H groups in total. The van der Waals surface area contributed by atoms with Crippen molar-refractivity contribution in [2.24, 2.45) is 4.99 Å². The molecule has 110 valence electrons. The molecule has 1 aliphatic rings.